The van der Waals surface area contributed by atoms with Gasteiger partial charge in [0.2, 0.25) is 0 Å². The highest BCUT2D eigenvalue weighted by atomic mass is 35.5. The van der Waals surface area contributed by atoms with Gasteiger partial charge in [-0.25, -0.2) is 0 Å². The normalized spacial score (nSPS) is 33.4. The molecule has 0 radical (unpaired) electrons. The molecule has 0 N–H and O–H groups in total. The molecule has 3 heteroatoms. The third-order valence-corrected chi connectivity index (χ3v) is 1.42. The van der Waals surface area contributed by atoms with Gasteiger partial charge in [0.1, 0.15) is 12.4 Å². The molecule has 0 bridgehead atoms. The van der Waals surface area contributed by atoms with Gasteiger partial charge in [0, 0.05) is 0 Å². The molecule has 2 atom stereocenters. The van der Waals surface area contributed by atoms with Crippen molar-refractivity contribution in [1.29, 1.82) is 0 Å². The van der Waals surface area contributed by atoms with E-state index < -0.39 is 0 Å². The smallest absolute Gasteiger partial charge is 0.148 e. The first-order valence-corrected chi connectivity index (χ1v) is 2.93. The molecule has 1 rings (SSSR count). The summed E-state index contributed by atoms with van der Waals surface area (Å²) in [6, 6.07) is 0. The number of carbonyl (C=O) groups is 1. The molecule has 9 heavy (non-hydrogen) atoms. The third-order valence-electron chi connectivity index (χ3n) is 1.42. The zero-order valence-corrected chi connectivity index (χ0v) is 6.10. The Bertz CT molecular complexity index is 95.1. The van der Waals surface area contributed by atoms with Crippen molar-refractivity contribution < 1.29 is 21.9 Å². The summed E-state index contributed by atoms with van der Waals surface area (Å²) in [5, 5.41) is 0. The highest BCUT2D eigenvalue weighted by Gasteiger charge is 2.19. The maximum Gasteiger partial charge on any atom is 0.148 e. The van der Waals surface area contributed by atoms with Gasteiger partial charge in [0.05, 0.1) is 6.10 Å². The van der Waals surface area contributed by atoms with Crippen molar-refractivity contribution in [1.82, 2.24) is 0 Å². The van der Waals surface area contributed by atoms with Crippen molar-refractivity contribution in [3.63, 3.8) is 0 Å². The molecule has 0 aromatic rings. The molecule has 0 saturated carbocycles. The highest BCUT2D eigenvalue weighted by Crippen LogP contribution is 2.16. The van der Waals surface area contributed by atoms with Gasteiger partial charge in [-0.3, -0.25) is 0 Å². The second-order valence-electron chi connectivity index (χ2n) is 2.20. The maximum absolute atomic E-state index is 10.0. The predicted octanol–water partition coefficient (Wildman–Crippen LogP) is -2.24. The second-order valence-corrected chi connectivity index (χ2v) is 2.20. The minimum atomic E-state index is -0.106. The maximum atomic E-state index is 10.0. The topological polar surface area (TPSA) is 26.3 Å². The fourth-order valence-corrected chi connectivity index (χ4v) is 0.934. The number of carbonyl (C=O) groups excluding carboxylic acids is 1. The largest absolute Gasteiger partial charge is 1.00 e. The SMILES string of the molecule is CC1CCC(C=O)O1.[Cl-]. The van der Waals surface area contributed by atoms with Gasteiger partial charge in [-0.1, -0.05) is 0 Å². The summed E-state index contributed by atoms with van der Waals surface area (Å²) in [5.41, 5.74) is 0. The first kappa shape index (κ1) is 8.92. The second kappa shape index (κ2) is 3.85. The first-order chi connectivity index (χ1) is 3.83. The van der Waals surface area contributed by atoms with E-state index in [1.54, 1.807) is 0 Å². The summed E-state index contributed by atoms with van der Waals surface area (Å²) >= 11 is 0. The van der Waals surface area contributed by atoms with Crippen molar-refractivity contribution in [2.75, 3.05) is 0 Å². The van der Waals surface area contributed by atoms with E-state index in [9.17, 15) is 4.79 Å². The standard InChI is InChI=1S/C6H10O2.ClH/c1-5-2-3-6(4-7)8-5;/h4-6H,2-3H2,1H3;1H/p-1. The monoisotopic (exact) mass is 149 g/mol. The van der Waals surface area contributed by atoms with Crippen molar-refractivity contribution in [3.05, 3.63) is 0 Å². The molecule has 1 aliphatic heterocycles. The molecular weight excluding hydrogens is 140 g/mol. The number of rotatable bonds is 1. The van der Waals surface area contributed by atoms with Gasteiger partial charge in [0.15, 0.2) is 0 Å². The summed E-state index contributed by atoms with van der Waals surface area (Å²) in [5.74, 6) is 0. The molecule has 0 aromatic carbocycles. The average molecular weight is 150 g/mol. The Balaban J connectivity index is 0.000000640. The van der Waals surface area contributed by atoms with Gasteiger partial charge in [-0.2, -0.15) is 0 Å². The Morgan fingerprint density at radius 1 is 1.56 bits per heavy atom. The number of halogens is 1. The Morgan fingerprint density at radius 3 is 2.44 bits per heavy atom. The molecule has 0 aromatic heterocycles. The predicted molar refractivity (Wildman–Crippen MR) is 29.6 cm³/mol. The molecule has 0 spiro atoms. The molecule has 0 aliphatic carbocycles. The van der Waals surface area contributed by atoms with Crippen LogP contribution in [-0.2, 0) is 9.53 Å². The summed E-state index contributed by atoms with van der Waals surface area (Å²) in [4.78, 5) is 10.0. The van der Waals surface area contributed by atoms with Crippen LogP contribution in [0.2, 0.25) is 0 Å². The Morgan fingerprint density at radius 2 is 2.22 bits per heavy atom. The van der Waals surface area contributed by atoms with Crippen LogP contribution in [0.3, 0.4) is 0 Å². The van der Waals surface area contributed by atoms with Crippen LogP contribution in [0, 0.1) is 0 Å². The van der Waals surface area contributed by atoms with Gasteiger partial charge in [0.25, 0.3) is 0 Å². The lowest BCUT2D eigenvalue weighted by Gasteiger charge is -2.00. The Hall–Kier alpha value is -0.0800. The Labute approximate surface area is 61.0 Å². The van der Waals surface area contributed by atoms with Crippen molar-refractivity contribution in [2.45, 2.75) is 32.0 Å². The van der Waals surface area contributed by atoms with Crippen LogP contribution < -0.4 is 12.4 Å². The van der Waals surface area contributed by atoms with E-state index >= 15 is 0 Å². The zero-order valence-electron chi connectivity index (χ0n) is 5.34. The van der Waals surface area contributed by atoms with E-state index in [4.69, 9.17) is 4.74 Å². The molecule has 0 amide bonds. The summed E-state index contributed by atoms with van der Waals surface area (Å²) in [6.07, 6.45) is 3.01. The fraction of sp³-hybridized carbons (Fsp3) is 0.833. The van der Waals surface area contributed by atoms with E-state index in [0.717, 1.165) is 19.1 Å². The van der Waals surface area contributed by atoms with E-state index in [-0.39, 0.29) is 18.5 Å². The van der Waals surface area contributed by atoms with E-state index in [2.05, 4.69) is 0 Å². The molecule has 54 valence electrons. The Kier molecular flexibility index (Phi) is 3.82. The van der Waals surface area contributed by atoms with Gasteiger partial charge in [-0.05, 0) is 19.8 Å². The lowest BCUT2D eigenvalue weighted by atomic mass is 10.2. The molecule has 2 unspecified atom stereocenters. The molecule has 1 aliphatic rings. The van der Waals surface area contributed by atoms with Crippen LogP contribution in [0.15, 0.2) is 0 Å². The average Bonchev–Trinajstić information content (AvgIpc) is 2.14. The number of hydrogen-bond donors (Lipinski definition) is 0. The summed E-state index contributed by atoms with van der Waals surface area (Å²) < 4.78 is 5.14. The number of aldehydes is 1. The molecular formula is C6H10ClO2-. The summed E-state index contributed by atoms with van der Waals surface area (Å²) in [7, 11) is 0. The van der Waals surface area contributed by atoms with Crippen LogP contribution in [0.25, 0.3) is 0 Å². The van der Waals surface area contributed by atoms with Crippen LogP contribution >= 0.6 is 0 Å². The van der Waals surface area contributed by atoms with E-state index in [1.165, 1.54) is 0 Å². The number of ether oxygens (including phenoxy) is 1. The zero-order chi connectivity index (χ0) is 5.98. The lowest BCUT2D eigenvalue weighted by Crippen LogP contribution is -3.00. The molecule has 1 fully saturated rings. The van der Waals surface area contributed by atoms with Crippen molar-refractivity contribution in [2.24, 2.45) is 0 Å². The molecule has 2 nitrogen and oxygen atoms in total. The van der Waals surface area contributed by atoms with Crippen LogP contribution in [-0.4, -0.2) is 18.5 Å². The quantitative estimate of drug-likeness (QED) is 0.394. The van der Waals surface area contributed by atoms with Crippen molar-refractivity contribution in [3.8, 4) is 0 Å². The van der Waals surface area contributed by atoms with Crippen LogP contribution in [0.4, 0.5) is 0 Å². The minimum absolute atomic E-state index is 0. The highest BCUT2D eigenvalue weighted by molar-refractivity contribution is 5.56. The third kappa shape index (κ3) is 2.33. The lowest BCUT2D eigenvalue weighted by molar-refractivity contribution is -0.117. The van der Waals surface area contributed by atoms with Crippen molar-refractivity contribution >= 4 is 6.29 Å². The van der Waals surface area contributed by atoms with Gasteiger partial charge < -0.3 is 21.9 Å². The van der Waals surface area contributed by atoms with Gasteiger partial charge >= 0.3 is 0 Å². The van der Waals surface area contributed by atoms with Gasteiger partial charge in [-0.15, -0.1) is 0 Å². The van der Waals surface area contributed by atoms with E-state index in [0.29, 0.717) is 6.10 Å². The van der Waals surface area contributed by atoms with Crippen LogP contribution in [0.5, 0.6) is 0 Å². The minimum Gasteiger partial charge on any atom is -1.00 e. The molecule has 1 saturated heterocycles. The number of hydrogen-bond acceptors (Lipinski definition) is 2. The van der Waals surface area contributed by atoms with Crippen LogP contribution in [0.1, 0.15) is 19.8 Å². The summed E-state index contributed by atoms with van der Waals surface area (Å²) in [6.45, 7) is 1.99. The first-order valence-electron chi connectivity index (χ1n) is 2.93. The van der Waals surface area contributed by atoms with E-state index in [1.807, 2.05) is 6.92 Å². The fourth-order valence-electron chi connectivity index (χ4n) is 0.934. The molecule has 1 heterocycles.